The third-order valence-corrected chi connectivity index (χ3v) is 5.11. The van der Waals surface area contributed by atoms with Crippen molar-refractivity contribution in [1.82, 2.24) is 19.5 Å². The minimum Gasteiger partial charge on any atom is -0.383 e. The molecule has 0 spiro atoms. The zero-order chi connectivity index (χ0) is 15.1. The first kappa shape index (κ1) is 14.4. The summed E-state index contributed by atoms with van der Waals surface area (Å²) >= 11 is 3.55. The summed E-state index contributed by atoms with van der Waals surface area (Å²) in [5.41, 5.74) is 7.06. The summed E-state index contributed by atoms with van der Waals surface area (Å²) < 4.78 is 2.04. The smallest absolute Gasteiger partial charge is 0.267 e. The number of hydrogen-bond donors (Lipinski definition) is 1. The van der Waals surface area contributed by atoms with Gasteiger partial charge in [0.2, 0.25) is 0 Å². The van der Waals surface area contributed by atoms with Crippen LogP contribution in [0.1, 0.15) is 16.3 Å². The zero-order valence-corrected chi connectivity index (χ0v) is 14.4. The Hall–Kier alpha value is -1.55. The SMILES string of the molecule is Cc1sc2nc(Cn3cncc(I)c3=O)nc(N)c2c1C. The summed E-state index contributed by atoms with van der Waals surface area (Å²) in [5.74, 6) is 0.982. The second-order valence-electron chi connectivity index (χ2n) is 4.66. The lowest BCUT2D eigenvalue weighted by Gasteiger charge is -2.06. The molecule has 0 atom stereocenters. The molecule has 0 aromatic carbocycles. The van der Waals surface area contributed by atoms with Gasteiger partial charge < -0.3 is 5.73 Å². The maximum atomic E-state index is 12.0. The molecule has 0 radical (unpaired) electrons. The number of thiophene rings is 1. The van der Waals surface area contributed by atoms with Crippen LogP contribution in [-0.2, 0) is 6.54 Å². The molecule has 108 valence electrons. The molecule has 3 aromatic heterocycles. The lowest BCUT2D eigenvalue weighted by atomic mass is 10.2. The fraction of sp³-hybridized carbons (Fsp3) is 0.231. The van der Waals surface area contributed by atoms with Crippen molar-refractivity contribution in [3.8, 4) is 0 Å². The van der Waals surface area contributed by atoms with Gasteiger partial charge in [-0.1, -0.05) is 0 Å². The second-order valence-corrected chi connectivity index (χ2v) is 7.03. The summed E-state index contributed by atoms with van der Waals surface area (Å²) in [6.45, 7) is 4.31. The number of rotatable bonds is 2. The highest BCUT2D eigenvalue weighted by Crippen LogP contribution is 2.31. The first-order valence-corrected chi connectivity index (χ1v) is 8.09. The largest absolute Gasteiger partial charge is 0.383 e. The number of halogens is 1. The Kier molecular flexibility index (Phi) is 3.66. The van der Waals surface area contributed by atoms with E-state index in [4.69, 9.17) is 5.73 Å². The van der Waals surface area contributed by atoms with Crippen molar-refractivity contribution in [2.45, 2.75) is 20.4 Å². The molecule has 0 aliphatic heterocycles. The van der Waals surface area contributed by atoms with Crippen LogP contribution in [0.4, 0.5) is 5.82 Å². The first-order chi connectivity index (χ1) is 9.97. The highest BCUT2D eigenvalue weighted by Gasteiger charge is 2.13. The third kappa shape index (κ3) is 2.53. The molecule has 0 amide bonds. The van der Waals surface area contributed by atoms with Gasteiger partial charge in [0.1, 0.15) is 10.6 Å². The summed E-state index contributed by atoms with van der Waals surface area (Å²) in [7, 11) is 0. The molecule has 3 heterocycles. The highest BCUT2D eigenvalue weighted by molar-refractivity contribution is 14.1. The lowest BCUT2D eigenvalue weighted by Crippen LogP contribution is -2.24. The van der Waals surface area contributed by atoms with E-state index in [0.717, 1.165) is 15.8 Å². The minimum atomic E-state index is -0.105. The minimum absolute atomic E-state index is 0.105. The summed E-state index contributed by atoms with van der Waals surface area (Å²) in [5, 5.41) is 0.911. The molecule has 0 saturated carbocycles. The van der Waals surface area contributed by atoms with Crippen molar-refractivity contribution < 1.29 is 0 Å². The number of hydrogen-bond acceptors (Lipinski definition) is 6. The molecule has 6 nitrogen and oxygen atoms in total. The number of aryl methyl sites for hydroxylation is 2. The standard InChI is InChI=1S/C13H12IN5OS/c1-6-7(2)21-12-10(6)11(15)17-9(18-12)4-19-5-16-3-8(14)13(19)20/h3,5H,4H2,1-2H3,(H2,15,17,18). The van der Waals surface area contributed by atoms with Crippen LogP contribution in [-0.4, -0.2) is 19.5 Å². The van der Waals surface area contributed by atoms with Crippen LogP contribution < -0.4 is 11.3 Å². The Bertz CT molecular complexity index is 901. The van der Waals surface area contributed by atoms with Crippen molar-refractivity contribution >= 4 is 50.0 Å². The van der Waals surface area contributed by atoms with Crippen molar-refractivity contribution in [3.63, 3.8) is 0 Å². The van der Waals surface area contributed by atoms with E-state index in [1.165, 1.54) is 22.0 Å². The first-order valence-electron chi connectivity index (χ1n) is 6.19. The van der Waals surface area contributed by atoms with Gasteiger partial charge in [-0.3, -0.25) is 9.36 Å². The van der Waals surface area contributed by atoms with E-state index in [9.17, 15) is 4.79 Å². The molecule has 0 saturated heterocycles. The number of anilines is 1. The third-order valence-electron chi connectivity index (χ3n) is 3.27. The maximum Gasteiger partial charge on any atom is 0.267 e. The Morgan fingerprint density at radius 1 is 1.38 bits per heavy atom. The molecule has 0 bridgehead atoms. The average molecular weight is 413 g/mol. The van der Waals surface area contributed by atoms with Gasteiger partial charge in [0.25, 0.3) is 5.56 Å². The number of nitrogens with zero attached hydrogens (tertiary/aromatic N) is 4. The van der Waals surface area contributed by atoms with Crippen molar-refractivity contribution in [1.29, 1.82) is 0 Å². The number of nitrogen functional groups attached to an aromatic ring is 1. The predicted molar refractivity (Wildman–Crippen MR) is 91.6 cm³/mol. The molecule has 0 aliphatic carbocycles. The zero-order valence-electron chi connectivity index (χ0n) is 11.4. The summed E-state index contributed by atoms with van der Waals surface area (Å²) in [4.78, 5) is 26.9. The lowest BCUT2D eigenvalue weighted by molar-refractivity contribution is 0.697. The Morgan fingerprint density at radius 3 is 2.90 bits per heavy atom. The van der Waals surface area contributed by atoms with Gasteiger partial charge in [0, 0.05) is 11.1 Å². The van der Waals surface area contributed by atoms with E-state index < -0.39 is 0 Å². The van der Waals surface area contributed by atoms with Gasteiger partial charge in [0.05, 0.1) is 21.8 Å². The Labute approximate surface area is 138 Å². The normalized spacial score (nSPS) is 11.2. The fourth-order valence-corrected chi connectivity index (χ4v) is 3.61. The van der Waals surface area contributed by atoms with Gasteiger partial charge in [-0.25, -0.2) is 15.0 Å². The van der Waals surface area contributed by atoms with Crippen LogP contribution in [0.15, 0.2) is 17.3 Å². The van der Waals surface area contributed by atoms with Gasteiger partial charge in [-0.15, -0.1) is 11.3 Å². The predicted octanol–water partition coefficient (Wildman–Crippen LogP) is 2.10. The molecule has 2 N–H and O–H groups in total. The van der Waals surface area contributed by atoms with Crippen LogP contribution in [0.2, 0.25) is 0 Å². The monoisotopic (exact) mass is 413 g/mol. The fourth-order valence-electron chi connectivity index (χ4n) is 2.09. The van der Waals surface area contributed by atoms with Crippen molar-refractivity contribution in [3.05, 3.63) is 42.7 Å². The Morgan fingerprint density at radius 2 is 2.14 bits per heavy atom. The maximum absolute atomic E-state index is 12.0. The van der Waals surface area contributed by atoms with Crippen LogP contribution in [0.25, 0.3) is 10.2 Å². The molecule has 21 heavy (non-hydrogen) atoms. The van der Waals surface area contributed by atoms with Gasteiger partial charge in [-0.2, -0.15) is 0 Å². The van der Waals surface area contributed by atoms with Crippen molar-refractivity contribution in [2.75, 3.05) is 5.73 Å². The van der Waals surface area contributed by atoms with Crippen molar-refractivity contribution in [2.24, 2.45) is 0 Å². The van der Waals surface area contributed by atoms with E-state index in [1.54, 1.807) is 11.3 Å². The van der Waals surface area contributed by atoms with E-state index >= 15 is 0 Å². The molecular weight excluding hydrogens is 401 g/mol. The van der Waals surface area contributed by atoms with E-state index in [0.29, 0.717) is 15.2 Å². The molecule has 8 heteroatoms. The topological polar surface area (TPSA) is 86.7 Å². The number of aromatic nitrogens is 4. The Balaban J connectivity index is 2.10. The number of fused-ring (bicyclic) bond motifs is 1. The highest BCUT2D eigenvalue weighted by atomic mass is 127. The molecule has 0 aliphatic rings. The second kappa shape index (κ2) is 5.34. The molecule has 0 fully saturated rings. The molecule has 0 unspecified atom stereocenters. The van der Waals surface area contributed by atoms with Crippen LogP contribution in [0, 0.1) is 17.4 Å². The van der Waals surface area contributed by atoms with Crippen LogP contribution in [0.3, 0.4) is 0 Å². The molecular formula is C13H12IN5OS. The van der Waals surface area contributed by atoms with Gasteiger partial charge in [-0.05, 0) is 42.0 Å². The van der Waals surface area contributed by atoms with E-state index in [1.807, 2.05) is 36.4 Å². The van der Waals surface area contributed by atoms with E-state index in [2.05, 4.69) is 15.0 Å². The summed E-state index contributed by atoms with van der Waals surface area (Å²) in [6.07, 6.45) is 3.02. The van der Waals surface area contributed by atoms with E-state index in [-0.39, 0.29) is 12.1 Å². The molecule has 3 aromatic rings. The van der Waals surface area contributed by atoms with Crippen LogP contribution in [0.5, 0.6) is 0 Å². The average Bonchev–Trinajstić information content (AvgIpc) is 2.71. The van der Waals surface area contributed by atoms with Gasteiger partial charge >= 0.3 is 0 Å². The quantitative estimate of drug-likeness (QED) is 0.651. The van der Waals surface area contributed by atoms with Crippen LogP contribution >= 0.6 is 33.9 Å². The molecule has 3 rings (SSSR count). The van der Waals surface area contributed by atoms with Gasteiger partial charge in [0.15, 0.2) is 5.82 Å². The number of nitrogens with two attached hydrogens (primary N) is 1. The summed E-state index contributed by atoms with van der Waals surface area (Å²) in [6, 6.07) is 0.